The Labute approximate surface area is 110 Å². The van der Waals surface area contributed by atoms with E-state index in [-0.39, 0.29) is 6.79 Å². The summed E-state index contributed by atoms with van der Waals surface area (Å²) in [4.78, 5) is 11.6. The molecule has 0 unspecified atom stereocenters. The largest absolute Gasteiger partial charge is 0.481 e. The molecule has 4 rings (SSSR count). The average molecular weight is 262 g/mol. The minimum Gasteiger partial charge on any atom is -0.481 e. The molecule has 0 spiro atoms. The van der Waals surface area contributed by atoms with Crippen LogP contribution in [-0.4, -0.2) is 31.1 Å². The van der Waals surface area contributed by atoms with Gasteiger partial charge < -0.3 is 19.3 Å². The highest BCUT2D eigenvalue weighted by molar-refractivity contribution is 5.81. The number of carbonyl (C=O) groups is 1. The van der Waals surface area contributed by atoms with E-state index in [1.54, 1.807) is 0 Å². The summed E-state index contributed by atoms with van der Waals surface area (Å²) in [6.07, 6.45) is 1.44. The van der Waals surface area contributed by atoms with Crippen molar-refractivity contribution in [2.45, 2.75) is 18.3 Å². The fourth-order valence-electron chi connectivity index (χ4n) is 3.24. The summed E-state index contributed by atoms with van der Waals surface area (Å²) < 4.78 is 16.0. The van der Waals surface area contributed by atoms with Crippen LogP contribution in [0.5, 0.6) is 11.5 Å². The van der Waals surface area contributed by atoms with Gasteiger partial charge in [-0.15, -0.1) is 0 Å². The minimum absolute atomic E-state index is 0.229. The Morgan fingerprint density at radius 2 is 1.89 bits per heavy atom. The Morgan fingerprint density at radius 3 is 2.47 bits per heavy atom. The first kappa shape index (κ1) is 11.1. The summed E-state index contributed by atoms with van der Waals surface area (Å²) in [5, 5.41) is 9.55. The average Bonchev–Trinajstić information content (AvgIpc) is 3.01. The number of carboxylic acids is 1. The van der Waals surface area contributed by atoms with Crippen LogP contribution in [-0.2, 0) is 14.9 Å². The fraction of sp³-hybridized carbons (Fsp3) is 0.500. The molecule has 100 valence electrons. The molecule has 0 radical (unpaired) electrons. The summed E-state index contributed by atoms with van der Waals surface area (Å²) in [5.74, 6) is 0.706. The lowest BCUT2D eigenvalue weighted by Gasteiger charge is -2.46. The maximum atomic E-state index is 11.6. The molecule has 1 saturated heterocycles. The monoisotopic (exact) mass is 262 g/mol. The third-order valence-corrected chi connectivity index (χ3v) is 4.70. The Morgan fingerprint density at radius 1 is 1.16 bits per heavy atom. The lowest BCUT2D eigenvalue weighted by Crippen LogP contribution is -2.56. The van der Waals surface area contributed by atoms with Gasteiger partial charge in [0.1, 0.15) is 0 Å². The van der Waals surface area contributed by atoms with Gasteiger partial charge in [-0.3, -0.25) is 4.79 Å². The Hall–Kier alpha value is -1.75. The summed E-state index contributed by atoms with van der Waals surface area (Å²) in [5.41, 5.74) is -0.0680. The van der Waals surface area contributed by atoms with Crippen LogP contribution in [0.25, 0.3) is 0 Å². The second kappa shape index (κ2) is 3.42. The van der Waals surface area contributed by atoms with E-state index in [2.05, 4.69) is 0 Å². The highest BCUT2D eigenvalue weighted by atomic mass is 16.7. The molecule has 0 aromatic heterocycles. The van der Waals surface area contributed by atoms with Crippen LogP contribution in [0.15, 0.2) is 18.2 Å². The molecule has 1 N–H and O–H groups in total. The Kier molecular flexibility index (Phi) is 2.00. The molecule has 1 aromatic carbocycles. The quantitative estimate of drug-likeness (QED) is 0.895. The molecule has 3 aliphatic rings. The van der Waals surface area contributed by atoms with Crippen molar-refractivity contribution in [3.8, 4) is 11.5 Å². The molecule has 0 atom stereocenters. The van der Waals surface area contributed by atoms with Gasteiger partial charge in [-0.05, 0) is 30.5 Å². The van der Waals surface area contributed by atoms with Crippen LogP contribution in [0.1, 0.15) is 18.4 Å². The smallest absolute Gasteiger partial charge is 0.310 e. The summed E-state index contributed by atoms with van der Waals surface area (Å²) in [6, 6.07) is 5.71. The van der Waals surface area contributed by atoms with Crippen molar-refractivity contribution in [3.05, 3.63) is 23.8 Å². The number of aliphatic carboxylic acids is 1. The third kappa shape index (κ3) is 1.26. The molecule has 0 amide bonds. The lowest BCUT2D eigenvalue weighted by atomic mass is 9.66. The number of hydrogen-bond donors (Lipinski definition) is 1. The molecule has 1 aliphatic carbocycles. The first-order valence-corrected chi connectivity index (χ1v) is 6.39. The van der Waals surface area contributed by atoms with Gasteiger partial charge in [0.15, 0.2) is 11.5 Å². The zero-order valence-corrected chi connectivity index (χ0v) is 10.3. The second-order valence-electron chi connectivity index (χ2n) is 5.53. The molecule has 2 heterocycles. The van der Waals surface area contributed by atoms with E-state index in [0.29, 0.717) is 19.0 Å². The zero-order valence-electron chi connectivity index (χ0n) is 10.3. The van der Waals surface area contributed by atoms with Gasteiger partial charge in [0.05, 0.1) is 24.0 Å². The summed E-state index contributed by atoms with van der Waals surface area (Å²) in [6.45, 7) is 1.17. The number of hydrogen-bond acceptors (Lipinski definition) is 4. The maximum absolute atomic E-state index is 11.6. The lowest BCUT2D eigenvalue weighted by molar-refractivity contribution is -0.161. The van der Waals surface area contributed by atoms with Gasteiger partial charge in [0.2, 0.25) is 6.79 Å². The summed E-state index contributed by atoms with van der Waals surface area (Å²) >= 11 is 0. The first-order valence-electron chi connectivity index (χ1n) is 6.39. The van der Waals surface area contributed by atoms with Gasteiger partial charge in [-0.2, -0.15) is 0 Å². The molecule has 2 fully saturated rings. The van der Waals surface area contributed by atoms with E-state index in [0.717, 1.165) is 24.2 Å². The molecular weight excluding hydrogens is 248 g/mol. The van der Waals surface area contributed by atoms with Crippen molar-refractivity contribution in [2.75, 3.05) is 20.0 Å². The standard InChI is InChI=1S/C14H14O5/c15-12(16)13(3-4-13)14(6-17-7-14)9-1-2-10-11(5-9)19-8-18-10/h1-2,5H,3-4,6-8H2,(H,15,16). The van der Waals surface area contributed by atoms with Gasteiger partial charge in [-0.1, -0.05) is 6.07 Å². The highest BCUT2D eigenvalue weighted by Gasteiger charge is 2.68. The van der Waals surface area contributed by atoms with E-state index in [1.165, 1.54) is 0 Å². The summed E-state index contributed by atoms with van der Waals surface area (Å²) in [7, 11) is 0. The molecule has 5 heteroatoms. The topological polar surface area (TPSA) is 65.0 Å². The normalized spacial score (nSPS) is 24.6. The number of ether oxygens (including phenoxy) is 3. The van der Waals surface area contributed by atoms with Crippen LogP contribution < -0.4 is 9.47 Å². The third-order valence-electron chi connectivity index (χ3n) is 4.70. The molecule has 2 aliphatic heterocycles. The highest BCUT2D eigenvalue weighted by Crippen LogP contribution is 2.63. The van der Waals surface area contributed by atoms with Crippen molar-refractivity contribution in [3.63, 3.8) is 0 Å². The van der Waals surface area contributed by atoms with Gasteiger partial charge in [0.25, 0.3) is 0 Å². The predicted molar refractivity (Wildman–Crippen MR) is 64.4 cm³/mol. The van der Waals surface area contributed by atoms with E-state index in [1.807, 2.05) is 18.2 Å². The van der Waals surface area contributed by atoms with Crippen molar-refractivity contribution < 1.29 is 24.1 Å². The molecule has 19 heavy (non-hydrogen) atoms. The van der Waals surface area contributed by atoms with Crippen molar-refractivity contribution in [1.29, 1.82) is 0 Å². The van der Waals surface area contributed by atoms with E-state index < -0.39 is 16.8 Å². The van der Waals surface area contributed by atoms with Crippen molar-refractivity contribution in [1.82, 2.24) is 0 Å². The van der Waals surface area contributed by atoms with Crippen LogP contribution in [0.2, 0.25) is 0 Å². The number of rotatable bonds is 3. The number of benzene rings is 1. The van der Waals surface area contributed by atoms with Crippen LogP contribution >= 0.6 is 0 Å². The number of carboxylic acid groups (broad SMARTS) is 1. The molecule has 1 saturated carbocycles. The van der Waals surface area contributed by atoms with E-state index in [4.69, 9.17) is 14.2 Å². The minimum atomic E-state index is -0.714. The van der Waals surface area contributed by atoms with Crippen LogP contribution in [0.4, 0.5) is 0 Å². The fourth-order valence-corrected chi connectivity index (χ4v) is 3.24. The Balaban J connectivity index is 1.79. The maximum Gasteiger partial charge on any atom is 0.310 e. The number of fused-ring (bicyclic) bond motifs is 1. The molecule has 0 bridgehead atoms. The SMILES string of the molecule is O=C(O)C1(C2(c3ccc4c(c3)OCO4)COC2)CC1. The van der Waals surface area contributed by atoms with Crippen LogP contribution in [0.3, 0.4) is 0 Å². The molecular formula is C14H14O5. The second-order valence-corrected chi connectivity index (χ2v) is 5.53. The predicted octanol–water partition coefficient (Wildman–Crippen LogP) is 1.55. The first-order chi connectivity index (χ1) is 9.18. The van der Waals surface area contributed by atoms with E-state index in [9.17, 15) is 9.90 Å². The van der Waals surface area contributed by atoms with Gasteiger partial charge in [0, 0.05) is 0 Å². The van der Waals surface area contributed by atoms with Crippen molar-refractivity contribution in [2.24, 2.45) is 5.41 Å². The Bertz CT molecular complexity index is 557. The van der Waals surface area contributed by atoms with Crippen LogP contribution in [0, 0.1) is 5.41 Å². The molecule has 5 nitrogen and oxygen atoms in total. The van der Waals surface area contributed by atoms with E-state index >= 15 is 0 Å². The van der Waals surface area contributed by atoms with Gasteiger partial charge in [-0.25, -0.2) is 0 Å². The van der Waals surface area contributed by atoms with Crippen molar-refractivity contribution >= 4 is 5.97 Å². The zero-order chi connectivity index (χ0) is 13.1. The molecule has 1 aromatic rings. The van der Waals surface area contributed by atoms with Gasteiger partial charge >= 0.3 is 5.97 Å².